The summed E-state index contributed by atoms with van der Waals surface area (Å²) in [4.78, 5) is 8.48. The molecule has 0 spiro atoms. The van der Waals surface area contributed by atoms with E-state index >= 15 is 0 Å². The molecule has 3 N–H and O–H groups in total. The van der Waals surface area contributed by atoms with E-state index in [1.54, 1.807) is 13.2 Å². The van der Waals surface area contributed by atoms with E-state index in [2.05, 4.69) is 29.1 Å². The number of ether oxygens (including phenoxy) is 1. The topological polar surface area (TPSA) is 73.1 Å². The average Bonchev–Trinajstić information content (AvgIpc) is 2.33. The summed E-state index contributed by atoms with van der Waals surface area (Å²) in [6.45, 7) is 5.97. The molecule has 6 heteroatoms. The van der Waals surface area contributed by atoms with Crippen molar-refractivity contribution in [2.24, 2.45) is 5.41 Å². The van der Waals surface area contributed by atoms with Gasteiger partial charge in [-0.15, -0.1) is 0 Å². The Morgan fingerprint density at radius 2 is 2.17 bits per heavy atom. The minimum Gasteiger partial charge on any atom is -0.385 e. The van der Waals surface area contributed by atoms with Crippen molar-refractivity contribution in [1.29, 1.82) is 0 Å². The second-order valence-corrected chi connectivity index (χ2v) is 5.70. The Labute approximate surface area is 113 Å². The number of methoxy groups -OCH3 is 1. The summed E-state index contributed by atoms with van der Waals surface area (Å²) in [7, 11) is 1.72. The normalized spacial score (nSPS) is 11.6. The van der Waals surface area contributed by atoms with Gasteiger partial charge >= 0.3 is 0 Å². The Morgan fingerprint density at radius 3 is 2.78 bits per heavy atom. The van der Waals surface area contributed by atoms with Crippen LogP contribution in [0.5, 0.6) is 0 Å². The third kappa shape index (κ3) is 5.10. The van der Waals surface area contributed by atoms with Gasteiger partial charge in [0.25, 0.3) is 0 Å². The summed E-state index contributed by atoms with van der Waals surface area (Å²) >= 11 is 1.48. The molecule has 0 aromatic carbocycles. The largest absolute Gasteiger partial charge is 0.385 e. The van der Waals surface area contributed by atoms with E-state index in [1.807, 2.05) is 6.26 Å². The first kappa shape index (κ1) is 15.0. The van der Waals surface area contributed by atoms with Crippen LogP contribution >= 0.6 is 11.8 Å². The number of anilines is 2. The molecule has 0 saturated carbocycles. The van der Waals surface area contributed by atoms with Crippen molar-refractivity contribution in [2.75, 3.05) is 37.6 Å². The zero-order valence-corrected chi connectivity index (χ0v) is 12.3. The molecule has 0 bridgehead atoms. The number of aromatic nitrogens is 2. The Hall–Kier alpha value is -1.01. The van der Waals surface area contributed by atoms with Gasteiger partial charge in [0.15, 0.2) is 5.16 Å². The highest BCUT2D eigenvalue weighted by atomic mass is 32.2. The number of thioether (sulfide) groups is 1. The van der Waals surface area contributed by atoms with E-state index < -0.39 is 0 Å². The van der Waals surface area contributed by atoms with Crippen LogP contribution < -0.4 is 11.1 Å². The zero-order valence-electron chi connectivity index (χ0n) is 11.5. The van der Waals surface area contributed by atoms with Gasteiger partial charge in [0.1, 0.15) is 11.6 Å². The van der Waals surface area contributed by atoms with Crippen LogP contribution in [0.25, 0.3) is 0 Å². The summed E-state index contributed by atoms with van der Waals surface area (Å²) in [6.07, 6.45) is 2.92. The first-order valence-corrected chi connectivity index (χ1v) is 7.11. The van der Waals surface area contributed by atoms with E-state index in [9.17, 15) is 0 Å². The van der Waals surface area contributed by atoms with Crippen molar-refractivity contribution in [1.82, 2.24) is 9.97 Å². The molecule has 5 nitrogen and oxygen atoms in total. The van der Waals surface area contributed by atoms with Crippen molar-refractivity contribution in [3.63, 3.8) is 0 Å². The fraction of sp³-hybridized carbons (Fsp3) is 0.667. The Balaban J connectivity index is 2.59. The third-order valence-corrected chi connectivity index (χ3v) is 3.19. The van der Waals surface area contributed by atoms with Crippen LogP contribution in [0.15, 0.2) is 11.2 Å². The van der Waals surface area contributed by atoms with Gasteiger partial charge in [0.05, 0.1) is 0 Å². The van der Waals surface area contributed by atoms with Crippen molar-refractivity contribution in [3.05, 3.63) is 6.07 Å². The Bertz CT molecular complexity index is 384. The lowest BCUT2D eigenvalue weighted by Crippen LogP contribution is -2.25. The summed E-state index contributed by atoms with van der Waals surface area (Å²) in [5.74, 6) is 1.27. The molecule has 0 aliphatic carbocycles. The molecule has 0 amide bonds. The average molecular weight is 270 g/mol. The van der Waals surface area contributed by atoms with Crippen LogP contribution in [0.4, 0.5) is 11.6 Å². The van der Waals surface area contributed by atoms with Crippen molar-refractivity contribution < 1.29 is 4.74 Å². The molecule has 0 aliphatic rings. The molecule has 1 aromatic rings. The van der Waals surface area contributed by atoms with Crippen LogP contribution in [0.3, 0.4) is 0 Å². The standard InChI is InChI=1S/C12H22N4OS/c1-12(2,5-6-17-3)8-14-10-7-9(13)15-11(16-10)18-4/h7H,5-6,8H2,1-4H3,(H3,13,14,15,16). The molecule has 0 saturated heterocycles. The maximum atomic E-state index is 5.73. The zero-order chi connectivity index (χ0) is 13.6. The molecule has 0 fully saturated rings. The van der Waals surface area contributed by atoms with Gasteiger partial charge in [0.2, 0.25) is 0 Å². The lowest BCUT2D eigenvalue weighted by molar-refractivity contribution is 0.157. The van der Waals surface area contributed by atoms with Gasteiger partial charge in [0, 0.05) is 26.3 Å². The first-order chi connectivity index (χ1) is 8.46. The first-order valence-electron chi connectivity index (χ1n) is 5.88. The molecule has 1 aromatic heterocycles. The monoisotopic (exact) mass is 270 g/mol. The van der Waals surface area contributed by atoms with Gasteiger partial charge < -0.3 is 15.8 Å². The molecule has 18 heavy (non-hydrogen) atoms. The number of nitrogens with zero attached hydrogens (tertiary/aromatic N) is 2. The SMILES string of the molecule is COCCC(C)(C)CNc1cc(N)nc(SC)n1. The number of rotatable bonds is 7. The summed E-state index contributed by atoms with van der Waals surface area (Å²) < 4.78 is 5.11. The molecular formula is C12H22N4OS. The highest BCUT2D eigenvalue weighted by Crippen LogP contribution is 2.22. The fourth-order valence-electron chi connectivity index (χ4n) is 1.42. The second kappa shape index (κ2) is 6.80. The highest BCUT2D eigenvalue weighted by molar-refractivity contribution is 7.98. The molecule has 0 unspecified atom stereocenters. The van der Waals surface area contributed by atoms with E-state index in [1.165, 1.54) is 11.8 Å². The maximum absolute atomic E-state index is 5.73. The van der Waals surface area contributed by atoms with Crippen LogP contribution in [0.2, 0.25) is 0 Å². The van der Waals surface area contributed by atoms with Crippen molar-refractivity contribution >= 4 is 23.4 Å². The number of hydrogen-bond acceptors (Lipinski definition) is 6. The molecule has 1 heterocycles. The lowest BCUT2D eigenvalue weighted by atomic mass is 9.90. The summed E-state index contributed by atoms with van der Waals surface area (Å²) in [5, 5.41) is 4.00. The predicted octanol–water partition coefficient (Wildman–Crippen LogP) is 2.26. The van der Waals surface area contributed by atoms with Gasteiger partial charge in [-0.1, -0.05) is 25.6 Å². The number of nitrogens with one attached hydrogen (secondary N) is 1. The summed E-state index contributed by atoms with van der Waals surface area (Å²) in [6, 6.07) is 1.76. The lowest BCUT2D eigenvalue weighted by Gasteiger charge is -2.24. The number of nitrogens with two attached hydrogens (primary N) is 1. The molecule has 0 radical (unpaired) electrons. The van der Waals surface area contributed by atoms with Gasteiger partial charge in [-0.3, -0.25) is 0 Å². The Morgan fingerprint density at radius 1 is 1.44 bits per heavy atom. The van der Waals surface area contributed by atoms with Gasteiger partial charge in [-0.2, -0.15) is 0 Å². The Kier molecular flexibility index (Phi) is 5.68. The molecular weight excluding hydrogens is 248 g/mol. The van der Waals surface area contributed by atoms with E-state index in [0.29, 0.717) is 11.0 Å². The minimum absolute atomic E-state index is 0.148. The van der Waals surface area contributed by atoms with Crippen molar-refractivity contribution in [3.8, 4) is 0 Å². The fourth-order valence-corrected chi connectivity index (χ4v) is 1.81. The molecule has 1 rings (SSSR count). The highest BCUT2D eigenvalue weighted by Gasteiger charge is 2.17. The van der Waals surface area contributed by atoms with Crippen LogP contribution in [0, 0.1) is 5.41 Å². The number of nitrogen functional groups attached to an aromatic ring is 1. The number of hydrogen-bond donors (Lipinski definition) is 2. The predicted molar refractivity (Wildman–Crippen MR) is 77.0 cm³/mol. The molecule has 102 valence electrons. The third-order valence-electron chi connectivity index (χ3n) is 2.64. The van der Waals surface area contributed by atoms with Gasteiger partial charge in [-0.05, 0) is 18.1 Å². The quantitative estimate of drug-likeness (QED) is 0.585. The minimum atomic E-state index is 0.148. The van der Waals surface area contributed by atoms with E-state index in [-0.39, 0.29) is 5.41 Å². The van der Waals surface area contributed by atoms with Crippen LogP contribution in [0.1, 0.15) is 20.3 Å². The summed E-state index contributed by atoms with van der Waals surface area (Å²) in [5.41, 5.74) is 5.88. The van der Waals surface area contributed by atoms with E-state index in [4.69, 9.17) is 10.5 Å². The van der Waals surface area contributed by atoms with Crippen molar-refractivity contribution in [2.45, 2.75) is 25.4 Å². The second-order valence-electron chi connectivity index (χ2n) is 4.93. The molecule has 0 atom stereocenters. The maximum Gasteiger partial charge on any atom is 0.191 e. The smallest absolute Gasteiger partial charge is 0.191 e. The van der Waals surface area contributed by atoms with Crippen LogP contribution in [-0.2, 0) is 4.74 Å². The van der Waals surface area contributed by atoms with Crippen LogP contribution in [-0.4, -0.2) is 36.5 Å². The molecule has 0 aliphatic heterocycles. The van der Waals surface area contributed by atoms with E-state index in [0.717, 1.165) is 25.4 Å². The van der Waals surface area contributed by atoms with Gasteiger partial charge in [-0.25, -0.2) is 9.97 Å².